The van der Waals surface area contributed by atoms with E-state index in [1.807, 2.05) is 18.7 Å². The summed E-state index contributed by atoms with van der Waals surface area (Å²) >= 11 is 0. The van der Waals surface area contributed by atoms with Gasteiger partial charge in [0.1, 0.15) is 0 Å². The zero-order chi connectivity index (χ0) is 18.3. The van der Waals surface area contributed by atoms with E-state index in [-0.39, 0.29) is 11.3 Å². The van der Waals surface area contributed by atoms with Crippen molar-refractivity contribution < 1.29 is 9.53 Å². The average Bonchev–Trinajstić information content (AvgIpc) is 2.95. The summed E-state index contributed by atoms with van der Waals surface area (Å²) in [6.45, 7) is 7.28. The van der Waals surface area contributed by atoms with Gasteiger partial charge in [-0.1, -0.05) is 6.92 Å². The molecule has 1 atom stereocenters. The first-order chi connectivity index (χ1) is 12.5. The van der Waals surface area contributed by atoms with Crippen molar-refractivity contribution in [3.05, 3.63) is 23.5 Å². The van der Waals surface area contributed by atoms with Crippen LogP contribution in [-0.4, -0.2) is 51.9 Å². The Hall–Kier alpha value is -1.95. The van der Waals surface area contributed by atoms with Crippen LogP contribution in [0.4, 0.5) is 0 Å². The van der Waals surface area contributed by atoms with E-state index >= 15 is 0 Å². The Labute approximate surface area is 154 Å². The van der Waals surface area contributed by atoms with Crippen LogP contribution in [0.2, 0.25) is 0 Å². The summed E-state index contributed by atoms with van der Waals surface area (Å²) in [6.07, 6.45) is 3.78. The molecule has 0 bridgehead atoms. The SMILES string of the molecule is Cc1nn(C)c2nc([C@]3(C)CCCN(C(=O)C4CCOCC4)C3)ccc12. The van der Waals surface area contributed by atoms with E-state index in [1.165, 1.54) is 0 Å². The number of amides is 1. The molecule has 2 fully saturated rings. The Morgan fingerprint density at radius 2 is 2.08 bits per heavy atom. The molecule has 6 nitrogen and oxygen atoms in total. The molecule has 2 saturated heterocycles. The number of nitrogens with zero attached hydrogens (tertiary/aromatic N) is 4. The molecule has 2 aliphatic heterocycles. The minimum atomic E-state index is -0.106. The van der Waals surface area contributed by atoms with Gasteiger partial charge in [-0.3, -0.25) is 9.48 Å². The van der Waals surface area contributed by atoms with Crippen LogP contribution in [0.1, 0.15) is 44.0 Å². The van der Waals surface area contributed by atoms with E-state index in [9.17, 15) is 4.79 Å². The number of rotatable bonds is 2. The Morgan fingerprint density at radius 1 is 1.31 bits per heavy atom. The first-order valence-electron chi connectivity index (χ1n) is 9.65. The summed E-state index contributed by atoms with van der Waals surface area (Å²) < 4.78 is 7.27. The van der Waals surface area contributed by atoms with Crippen LogP contribution < -0.4 is 0 Å². The number of pyridine rings is 1. The molecule has 2 aromatic heterocycles. The third-order valence-electron chi connectivity index (χ3n) is 6.07. The van der Waals surface area contributed by atoms with Gasteiger partial charge in [0.2, 0.25) is 5.91 Å². The van der Waals surface area contributed by atoms with Crippen molar-refractivity contribution in [3.8, 4) is 0 Å². The molecule has 2 aromatic rings. The molecule has 2 aliphatic rings. The minimum absolute atomic E-state index is 0.106. The highest BCUT2D eigenvalue weighted by atomic mass is 16.5. The molecule has 0 spiro atoms. The molecule has 4 heterocycles. The van der Waals surface area contributed by atoms with Crippen molar-refractivity contribution in [1.82, 2.24) is 19.7 Å². The van der Waals surface area contributed by atoms with E-state index in [4.69, 9.17) is 9.72 Å². The molecule has 0 radical (unpaired) electrons. The lowest BCUT2D eigenvalue weighted by Crippen LogP contribution is -2.49. The highest BCUT2D eigenvalue weighted by Crippen LogP contribution is 2.35. The Bertz CT molecular complexity index is 825. The molecular weight excluding hydrogens is 328 g/mol. The van der Waals surface area contributed by atoms with Crippen LogP contribution in [0.5, 0.6) is 0 Å². The van der Waals surface area contributed by atoms with Crippen LogP contribution in [0.25, 0.3) is 11.0 Å². The van der Waals surface area contributed by atoms with Gasteiger partial charge in [-0.25, -0.2) is 4.98 Å². The Morgan fingerprint density at radius 3 is 2.85 bits per heavy atom. The number of hydrogen-bond acceptors (Lipinski definition) is 4. The predicted octanol–water partition coefficient (Wildman–Crippen LogP) is 2.58. The Balaban J connectivity index is 1.59. The van der Waals surface area contributed by atoms with Gasteiger partial charge in [0.05, 0.1) is 11.4 Å². The quantitative estimate of drug-likeness (QED) is 0.830. The summed E-state index contributed by atoms with van der Waals surface area (Å²) in [5.74, 6) is 0.429. The molecular formula is C20H28N4O2. The van der Waals surface area contributed by atoms with Gasteiger partial charge in [-0.2, -0.15) is 5.10 Å². The number of likely N-dealkylation sites (tertiary alicyclic amines) is 1. The third kappa shape index (κ3) is 3.00. The van der Waals surface area contributed by atoms with E-state index in [2.05, 4.69) is 29.1 Å². The molecule has 26 heavy (non-hydrogen) atoms. The van der Waals surface area contributed by atoms with Crippen molar-refractivity contribution >= 4 is 16.9 Å². The van der Waals surface area contributed by atoms with Gasteiger partial charge >= 0.3 is 0 Å². The van der Waals surface area contributed by atoms with Gasteiger partial charge in [0.15, 0.2) is 5.65 Å². The largest absolute Gasteiger partial charge is 0.381 e. The van der Waals surface area contributed by atoms with Gasteiger partial charge in [-0.15, -0.1) is 0 Å². The van der Waals surface area contributed by atoms with Gasteiger partial charge < -0.3 is 9.64 Å². The van der Waals surface area contributed by atoms with Crippen molar-refractivity contribution in [3.63, 3.8) is 0 Å². The van der Waals surface area contributed by atoms with Crippen LogP contribution >= 0.6 is 0 Å². The molecule has 0 aliphatic carbocycles. The number of aryl methyl sites for hydroxylation is 2. The highest BCUT2D eigenvalue weighted by molar-refractivity contribution is 5.80. The summed E-state index contributed by atoms with van der Waals surface area (Å²) in [4.78, 5) is 20.0. The molecule has 0 saturated carbocycles. The zero-order valence-corrected chi connectivity index (χ0v) is 16.0. The highest BCUT2D eigenvalue weighted by Gasteiger charge is 2.38. The first-order valence-corrected chi connectivity index (χ1v) is 9.65. The van der Waals surface area contributed by atoms with Crippen molar-refractivity contribution in [2.24, 2.45) is 13.0 Å². The van der Waals surface area contributed by atoms with E-state index < -0.39 is 0 Å². The average molecular weight is 356 g/mol. The lowest BCUT2D eigenvalue weighted by atomic mass is 9.78. The van der Waals surface area contributed by atoms with Crippen molar-refractivity contribution in [2.75, 3.05) is 26.3 Å². The predicted molar refractivity (Wildman–Crippen MR) is 100.0 cm³/mol. The Kier molecular flexibility index (Phi) is 4.47. The normalized spacial score (nSPS) is 25.0. The topological polar surface area (TPSA) is 60.2 Å². The molecule has 6 heteroatoms. The van der Waals surface area contributed by atoms with E-state index in [1.54, 1.807) is 0 Å². The lowest BCUT2D eigenvalue weighted by Gasteiger charge is -2.41. The monoisotopic (exact) mass is 356 g/mol. The fraction of sp³-hybridized carbons (Fsp3) is 0.650. The fourth-order valence-corrected chi connectivity index (χ4v) is 4.48. The van der Waals surface area contributed by atoms with Crippen LogP contribution in [0.3, 0.4) is 0 Å². The molecule has 140 valence electrons. The third-order valence-corrected chi connectivity index (χ3v) is 6.07. The maximum Gasteiger partial charge on any atom is 0.225 e. The van der Waals surface area contributed by atoms with E-state index in [0.29, 0.717) is 19.1 Å². The summed E-state index contributed by atoms with van der Waals surface area (Å²) in [5, 5.41) is 5.58. The number of hydrogen-bond donors (Lipinski definition) is 0. The van der Waals surface area contributed by atoms with Gasteiger partial charge in [0.25, 0.3) is 0 Å². The standard InChI is InChI=1S/C20H28N4O2/c1-14-16-5-6-17(21-18(16)23(3)22-14)20(2)9-4-10-24(13-20)19(25)15-7-11-26-12-8-15/h5-6,15H,4,7-13H2,1-3H3/t20-/m1/s1. The lowest BCUT2D eigenvalue weighted by molar-refractivity contribution is -0.140. The minimum Gasteiger partial charge on any atom is -0.381 e. The number of piperidine rings is 1. The number of carbonyl (C=O) groups excluding carboxylic acids is 1. The van der Waals surface area contributed by atoms with Crippen LogP contribution in [0, 0.1) is 12.8 Å². The van der Waals surface area contributed by atoms with Crippen molar-refractivity contribution in [1.29, 1.82) is 0 Å². The number of carbonyl (C=O) groups is 1. The maximum atomic E-state index is 13.0. The summed E-state index contributed by atoms with van der Waals surface area (Å²) in [7, 11) is 1.94. The zero-order valence-electron chi connectivity index (χ0n) is 16.0. The number of ether oxygens (including phenoxy) is 1. The summed E-state index contributed by atoms with van der Waals surface area (Å²) in [6, 6.07) is 4.25. The second-order valence-electron chi connectivity index (χ2n) is 8.09. The molecule has 0 unspecified atom stereocenters. The van der Waals surface area contributed by atoms with Gasteiger partial charge in [-0.05, 0) is 44.7 Å². The van der Waals surface area contributed by atoms with Crippen LogP contribution in [0.15, 0.2) is 12.1 Å². The van der Waals surface area contributed by atoms with E-state index in [0.717, 1.165) is 61.2 Å². The molecule has 0 aromatic carbocycles. The smallest absolute Gasteiger partial charge is 0.225 e. The fourth-order valence-electron chi connectivity index (χ4n) is 4.48. The molecule has 0 N–H and O–H groups in total. The molecule has 1 amide bonds. The maximum absolute atomic E-state index is 13.0. The second kappa shape index (κ2) is 6.65. The van der Waals surface area contributed by atoms with Crippen LogP contribution in [-0.2, 0) is 22.0 Å². The molecule has 4 rings (SSSR count). The summed E-state index contributed by atoms with van der Waals surface area (Å²) in [5.41, 5.74) is 2.89. The second-order valence-corrected chi connectivity index (χ2v) is 8.09. The number of fused-ring (bicyclic) bond motifs is 1. The number of aromatic nitrogens is 3. The van der Waals surface area contributed by atoms with Gasteiger partial charge in [0, 0.05) is 50.1 Å². The van der Waals surface area contributed by atoms with Crippen molar-refractivity contribution in [2.45, 2.75) is 44.9 Å². The first kappa shape index (κ1) is 17.5.